The minimum Gasteiger partial charge on any atom is -0.361 e. The molecule has 0 aliphatic rings. The van der Waals surface area contributed by atoms with Crippen LogP contribution in [0.1, 0.15) is 24.0 Å². The standard InChI is InChI=1S/C25H25N3O/c1-18(25(29)28-20-12-6-3-7-13-20)26-16-22(19-10-4-2-5-11-19)23-17-27-24-15-9-8-14-21(23)24/h2-15,17-18,22,26-27H,16H2,1H3,(H,28,29)/t18-,22+/m1/s1. The van der Waals surface area contributed by atoms with Crippen LogP contribution >= 0.6 is 0 Å². The Morgan fingerprint density at radius 2 is 1.55 bits per heavy atom. The smallest absolute Gasteiger partial charge is 0.241 e. The van der Waals surface area contributed by atoms with Crippen molar-refractivity contribution >= 4 is 22.5 Å². The van der Waals surface area contributed by atoms with Crippen molar-refractivity contribution in [1.82, 2.24) is 10.3 Å². The molecule has 4 aromatic rings. The van der Waals surface area contributed by atoms with Gasteiger partial charge in [-0.15, -0.1) is 0 Å². The molecule has 3 N–H and O–H groups in total. The van der Waals surface area contributed by atoms with E-state index in [1.807, 2.05) is 49.4 Å². The molecule has 4 nitrogen and oxygen atoms in total. The molecule has 0 saturated carbocycles. The van der Waals surface area contributed by atoms with Crippen LogP contribution in [0.4, 0.5) is 5.69 Å². The van der Waals surface area contributed by atoms with Gasteiger partial charge in [0.05, 0.1) is 6.04 Å². The first-order valence-electron chi connectivity index (χ1n) is 9.92. The highest BCUT2D eigenvalue weighted by atomic mass is 16.2. The molecule has 4 heteroatoms. The normalized spacial score (nSPS) is 13.1. The quantitative estimate of drug-likeness (QED) is 0.424. The minimum atomic E-state index is -0.313. The number of nitrogens with one attached hydrogen (secondary N) is 3. The van der Waals surface area contributed by atoms with Crippen LogP contribution < -0.4 is 10.6 Å². The second-order valence-corrected chi connectivity index (χ2v) is 7.24. The zero-order valence-corrected chi connectivity index (χ0v) is 16.4. The van der Waals surface area contributed by atoms with Crippen LogP contribution in [0, 0.1) is 0 Å². The van der Waals surface area contributed by atoms with Crippen molar-refractivity contribution in [3.8, 4) is 0 Å². The number of hydrogen-bond acceptors (Lipinski definition) is 2. The molecule has 0 radical (unpaired) electrons. The van der Waals surface area contributed by atoms with E-state index in [-0.39, 0.29) is 17.9 Å². The number of H-pyrrole nitrogens is 1. The largest absolute Gasteiger partial charge is 0.361 e. The molecule has 0 unspecified atom stereocenters. The number of aromatic nitrogens is 1. The van der Waals surface area contributed by atoms with E-state index in [0.29, 0.717) is 6.54 Å². The predicted molar refractivity (Wildman–Crippen MR) is 119 cm³/mol. The van der Waals surface area contributed by atoms with E-state index in [4.69, 9.17) is 0 Å². The third-order valence-electron chi connectivity index (χ3n) is 5.26. The number of rotatable bonds is 7. The van der Waals surface area contributed by atoms with Crippen LogP contribution in [0.5, 0.6) is 0 Å². The molecular formula is C25H25N3O. The van der Waals surface area contributed by atoms with Crippen molar-refractivity contribution in [2.45, 2.75) is 18.9 Å². The van der Waals surface area contributed by atoms with Gasteiger partial charge < -0.3 is 15.6 Å². The zero-order chi connectivity index (χ0) is 20.1. The van der Waals surface area contributed by atoms with Crippen LogP contribution in [0.15, 0.2) is 91.1 Å². The number of fused-ring (bicyclic) bond motifs is 1. The van der Waals surface area contributed by atoms with Crippen molar-refractivity contribution in [2.75, 3.05) is 11.9 Å². The number of amides is 1. The van der Waals surface area contributed by atoms with Gasteiger partial charge in [-0.2, -0.15) is 0 Å². The molecule has 0 saturated heterocycles. The number of anilines is 1. The van der Waals surface area contributed by atoms with Gasteiger partial charge in [0.2, 0.25) is 5.91 Å². The number of carbonyl (C=O) groups is 1. The first-order chi connectivity index (χ1) is 14.2. The maximum atomic E-state index is 12.6. The number of para-hydroxylation sites is 2. The van der Waals surface area contributed by atoms with Gasteiger partial charge in [0.1, 0.15) is 0 Å². The summed E-state index contributed by atoms with van der Waals surface area (Å²) in [5, 5.41) is 7.60. The molecule has 1 amide bonds. The van der Waals surface area contributed by atoms with E-state index in [1.54, 1.807) is 0 Å². The monoisotopic (exact) mass is 383 g/mol. The molecule has 29 heavy (non-hydrogen) atoms. The van der Waals surface area contributed by atoms with Gasteiger partial charge in [0.25, 0.3) is 0 Å². The van der Waals surface area contributed by atoms with Crippen LogP contribution in [0.2, 0.25) is 0 Å². The summed E-state index contributed by atoms with van der Waals surface area (Å²) in [6, 6.07) is 28.0. The highest BCUT2D eigenvalue weighted by Gasteiger charge is 2.20. The Labute approximate surface area is 171 Å². The summed E-state index contributed by atoms with van der Waals surface area (Å²) in [7, 11) is 0. The molecule has 2 atom stereocenters. The summed E-state index contributed by atoms with van der Waals surface area (Å²) in [4.78, 5) is 16.0. The summed E-state index contributed by atoms with van der Waals surface area (Å²) in [5.41, 5.74) is 4.39. The van der Waals surface area contributed by atoms with E-state index in [0.717, 1.165) is 11.2 Å². The average Bonchev–Trinajstić information content (AvgIpc) is 3.19. The SMILES string of the molecule is C[C@@H](NC[C@@H](c1ccccc1)c1c[nH]c2ccccc12)C(=O)Nc1ccccc1. The van der Waals surface area contributed by atoms with Gasteiger partial charge in [-0.25, -0.2) is 0 Å². The predicted octanol–water partition coefficient (Wildman–Crippen LogP) is 4.92. The molecule has 0 spiro atoms. The van der Waals surface area contributed by atoms with E-state index in [2.05, 4.69) is 64.3 Å². The van der Waals surface area contributed by atoms with Gasteiger partial charge in [0.15, 0.2) is 0 Å². The maximum Gasteiger partial charge on any atom is 0.241 e. The highest BCUT2D eigenvalue weighted by molar-refractivity contribution is 5.94. The van der Waals surface area contributed by atoms with Crippen molar-refractivity contribution < 1.29 is 4.79 Å². The van der Waals surface area contributed by atoms with Crippen molar-refractivity contribution in [1.29, 1.82) is 0 Å². The lowest BCUT2D eigenvalue weighted by molar-refractivity contribution is -0.117. The summed E-state index contributed by atoms with van der Waals surface area (Å²) in [5.74, 6) is 0.0984. The van der Waals surface area contributed by atoms with Crippen molar-refractivity contribution in [3.63, 3.8) is 0 Å². The molecule has 0 aliphatic heterocycles. The lowest BCUT2D eigenvalue weighted by Crippen LogP contribution is -2.40. The van der Waals surface area contributed by atoms with Crippen LogP contribution in [-0.4, -0.2) is 23.5 Å². The Morgan fingerprint density at radius 1 is 0.897 bits per heavy atom. The Balaban J connectivity index is 1.53. The third-order valence-corrected chi connectivity index (χ3v) is 5.26. The molecule has 4 rings (SSSR count). The molecule has 1 heterocycles. The van der Waals surface area contributed by atoms with Gasteiger partial charge in [-0.3, -0.25) is 4.79 Å². The molecule has 0 bridgehead atoms. The molecule has 3 aromatic carbocycles. The lowest BCUT2D eigenvalue weighted by Gasteiger charge is -2.21. The molecule has 0 aliphatic carbocycles. The zero-order valence-electron chi connectivity index (χ0n) is 16.4. The number of aromatic amines is 1. The second-order valence-electron chi connectivity index (χ2n) is 7.24. The van der Waals surface area contributed by atoms with Gasteiger partial charge >= 0.3 is 0 Å². The molecule has 0 fully saturated rings. The Kier molecular flexibility index (Phi) is 5.73. The summed E-state index contributed by atoms with van der Waals surface area (Å²) < 4.78 is 0. The molecular weight excluding hydrogens is 358 g/mol. The fourth-order valence-electron chi connectivity index (χ4n) is 3.63. The van der Waals surface area contributed by atoms with E-state index in [1.165, 1.54) is 16.5 Å². The van der Waals surface area contributed by atoms with Crippen molar-refractivity contribution in [2.24, 2.45) is 0 Å². The van der Waals surface area contributed by atoms with Crippen molar-refractivity contribution in [3.05, 3.63) is 102 Å². The van der Waals surface area contributed by atoms with E-state index in [9.17, 15) is 4.79 Å². The third kappa shape index (κ3) is 4.39. The second kappa shape index (κ2) is 8.76. The summed E-state index contributed by atoms with van der Waals surface area (Å²) >= 11 is 0. The topological polar surface area (TPSA) is 56.9 Å². The van der Waals surface area contributed by atoms with Crippen LogP contribution in [0.25, 0.3) is 10.9 Å². The van der Waals surface area contributed by atoms with Gasteiger partial charge in [-0.05, 0) is 36.2 Å². The van der Waals surface area contributed by atoms with E-state index < -0.39 is 0 Å². The maximum absolute atomic E-state index is 12.6. The Hall–Kier alpha value is -3.37. The Bertz CT molecular complexity index is 1070. The van der Waals surface area contributed by atoms with Gasteiger partial charge in [-0.1, -0.05) is 66.7 Å². The van der Waals surface area contributed by atoms with Gasteiger partial charge in [0, 0.05) is 35.2 Å². The number of benzene rings is 3. The Morgan fingerprint density at radius 3 is 2.31 bits per heavy atom. The number of hydrogen-bond donors (Lipinski definition) is 3. The fraction of sp³-hybridized carbons (Fsp3) is 0.160. The summed E-state index contributed by atoms with van der Waals surface area (Å²) in [6.45, 7) is 2.56. The van der Waals surface area contributed by atoms with E-state index >= 15 is 0 Å². The fourth-order valence-corrected chi connectivity index (χ4v) is 3.63. The number of carbonyl (C=O) groups excluding carboxylic acids is 1. The summed E-state index contributed by atoms with van der Waals surface area (Å²) in [6.07, 6.45) is 2.08. The average molecular weight is 383 g/mol. The molecule has 1 aromatic heterocycles. The highest BCUT2D eigenvalue weighted by Crippen LogP contribution is 2.30. The van der Waals surface area contributed by atoms with Crippen LogP contribution in [0.3, 0.4) is 0 Å². The molecule has 146 valence electrons. The van der Waals surface area contributed by atoms with Crippen LogP contribution in [-0.2, 0) is 4.79 Å². The first-order valence-corrected chi connectivity index (χ1v) is 9.92. The minimum absolute atomic E-state index is 0.0399. The lowest BCUT2D eigenvalue weighted by atomic mass is 9.90. The first kappa shape index (κ1) is 19.0.